The summed E-state index contributed by atoms with van der Waals surface area (Å²) in [7, 11) is 0. The summed E-state index contributed by atoms with van der Waals surface area (Å²) in [4.78, 5) is 29.7. The highest BCUT2D eigenvalue weighted by Gasteiger charge is 2.17. The molecule has 0 aliphatic carbocycles. The zero-order valence-electron chi connectivity index (χ0n) is 16.8. The molecule has 0 aliphatic rings. The molecule has 156 valence electrons. The molecular weight excluding hydrogens is 462 g/mol. The third-order valence-electron chi connectivity index (χ3n) is 4.55. The van der Waals surface area contributed by atoms with E-state index in [-0.39, 0.29) is 5.82 Å². The summed E-state index contributed by atoms with van der Waals surface area (Å²) in [6.07, 6.45) is 0. The van der Waals surface area contributed by atoms with Crippen molar-refractivity contribution in [1.29, 1.82) is 0 Å². The van der Waals surface area contributed by atoms with Crippen LogP contribution < -0.4 is 5.32 Å². The van der Waals surface area contributed by atoms with Crippen molar-refractivity contribution in [3.05, 3.63) is 76.0 Å². The first kappa shape index (κ1) is 20.7. The van der Waals surface area contributed by atoms with Crippen LogP contribution in [0.25, 0.3) is 22.2 Å². The average Bonchev–Trinajstić information content (AvgIpc) is 3.16. The standard InChI is InChI=1S/C23H18BrN3O4/c1-13-3-8-19-17(9-13)18(11-20(25-19)15-4-6-16(24)7-5-15)23(29)30-12-22(28)26-21-10-14(2)31-27-21/h3-11H,12H2,1-2H3,(H,26,27,28). The van der Waals surface area contributed by atoms with Gasteiger partial charge in [-0.15, -0.1) is 0 Å². The number of amides is 1. The number of nitrogens with zero attached hydrogens (tertiary/aromatic N) is 2. The van der Waals surface area contributed by atoms with Gasteiger partial charge in [0.1, 0.15) is 5.76 Å². The number of carbonyl (C=O) groups is 2. The molecule has 0 saturated carbocycles. The molecule has 0 atom stereocenters. The number of esters is 1. The first-order valence-corrected chi connectivity index (χ1v) is 10.3. The molecule has 0 fully saturated rings. The Balaban J connectivity index is 1.61. The van der Waals surface area contributed by atoms with Crippen molar-refractivity contribution in [2.45, 2.75) is 13.8 Å². The molecule has 7 nitrogen and oxygen atoms in total. The lowest BCUT2D eigenvalue weighted by molar-refractivity contribution is -0.119. The first-order valence-electron chi connectivity index (χ1n) is 9.47. The van der Waals surface area contributed by atoms with E-state index in [0.717, 1.165) is 15.6 Å². The second-order valence-corrected chi connectivity index (χ2v) is 7.95. The summed E-state index contributed by atoms with van der Waals surface area (Å²) in [5.74, 6) is -0.292. The third-order valence-corrected chi connectivity index (χ3v) is 5.08. The lowest BCUT2D eigenvalue weighted by Gasteiger charge is -2.11. The van der Waals surface area contributed by atoms with Crippen LogP contribution >= 0.6 is 15.9 Å². The van der Waals surface area contributed by atoms with E-state index >= 15 is 0 Å². The van der Waals surface area contributed by atoms with Crippen molar-refractivity contribution < 1.29 is 18.8 Å². The highest BCUT2D eigenvalue weighted by atomic mass is 79.9. The Morgan fingerprint density at radius 2 is 1.84 bits per heavy atom. The molecule has 0 aliphatic heterocycles. The van der Waals surface area contributed by atoms with E-state index in [9.17, 15) is 9.59 Å². The van der Waals surface area contributed by atoms with Gasteiger partial charge in [0.15, 0.2) is 12.4 Å². The fourth-order valence-electron chi connectivity index (χ4n) is 3.09. The Hall–Kier alpha value is -3.52. The van der Waals surface area contributed by atoms with E-state index in [0.29, 0.717) is 27.9 Å². The van der Waals surface area contributed by atoms with Crippen LogP contribution in [-0.2, 0) is 9.53 Å². The van der Waals surface area contributed by atoms with Crippen molar-refractivity contribution in [2.24, 2.45) is 0 Å². The Morgan fingerprint density at radius 1 is 1.06 bits per heavy atom. The number of aryl methyl sites for hydroxylation is 2. The molecule has 1 N–H and O–H groups in total. The zero-order chi connectivity index (χ0) is 22.0. The molecule has 0 bridgehead atoms. The summed E-state index contributed by atoms with van der Waals surface area (Å²) in [6, 6.07) is 16.6. The maximum absolute atomic E-state index is 12.9. The minimum absolute atomic E-state index is 0.265. The van der Waals surface area contributed by atoms with Crippen molar-refractivity contribution in [1.82, 2.24) is 10.1 Å². The second-order valence-electron chi connectivity index (χ2n) is 7.03. The van der Waals surface area contributed by atoms with Crippen molar-refractivity contribution in [3.63, 3.8) is 0 Å². The van der Waals surface area contributed by atoms with E-state index in [2.05, 4.69) is 26.4 Å². The van der Waals surface area contributed by atoms with Crippen LogP contribution in [-0.4, -0.2) is 28.6 Å². The van der Waals surface area contributed by atoms with E-state index in [4.69, 9.17) is 14.2 Å². The Labute approximate surface area is 186 Å². The summed E-state index contributed by atoms with van der Waals surface area (Å²) in [5.41, 5.74) is 3.49. The van der Waals surface area contributed by atoms with Crippen LogP contribution in [0.5, 0.6) is 0 Å². The molecule has 1 amide bonds. The van der Waals surface area contributed by atoms with Gasteiger partial charge in [0, 0.05) is 21.5 Å². The molecule has 4 aromatic rings. The SMILES string of the molecule is Cc1ccc2nc(-c3ccc(Br)cc3)cc(C(=O)OCC(=O)Nc3cc(C)on3)c2c1. The number of anilines is 1. The molecule has 0 saturated heterocycles. The number of hydrogen-bond acceptors (Lipinski definition) is 6. The molecule has 4 rings (SSSR count). The molecule has 0 radical (unpaired) electrons. The van der Waals surface area contributed by atoms with Gasteiger partial charge in [-0.25, -0.2) is 9.78 Å². The topological polar surface area (TPSA) is 94.3 Å². The van der Waals surface area contributed by atoms with Crippen LogP contribution in [0, 0.1) is 13.8 Å². The largest absolute Gasteiger partial charge is 0.452 e. The van der Waals surface area contributed by atoms with Gasteiger partial charge in [0.2, 0.25) is 0 Å². The summed E-state index contributed by atoms with van der Waals surface area (Å²) in [6.45, 7) is 3.20. The van der Waals surface area contributed by atoms with Crippen LogP contribution in [0.4, 0.5) is 5.82 Å². The number of nitrogens with one attached hydrogen (secondary N) is 1. The van der Waals surface area contributed by atoms with E-state index in [1.165, 1.54) is 0 Å². The number of carbonyl (C=O) groups excluding carboxylic acids is 2. The van der Waals surface area contributed by atoms with Crippen LogP contribution in [0.2, 0.25) is 0 Å². The van der Waals surface area contributed by atoms with E-state index in [1.807, 2.05) is 49.4 Å². The van der Waals surface area contributed by atoms with E-state index < -0.39 is 18.5 Å². The number of aromatic nitrogens is 2. The van der Waals surface area contributed by atoms with Crippen molar-refractivity contribution in [3.8, 4) is 11.3 Å². The van der Waals surface area contributed by atoms with Gasteiger partial charge in [-0.05, 0) is 44.2 Å². The van der Waals surface area contributed by atoms with E-state index in [1.54, 1.807) is 19.1 Å². The molecule has 0 unspecified atom stereocenters. The molecule has 2 aromatic carbocycles. The normalized spacial score (nSPS) is 10.8. The van der Waals surface area contributed by atoms with Crippen LogP contribution in [0.15, 0.2) is 63.6 Å². The van der Waals surface area contributed by atoms with Crippen LogP contribution in [0.3, 0.4) is 0 Å². The highest BCUT2D eigenvalue weighted by Crippen LogP contribution is 2.27. The van der Waals surface area contributed by atoms with Gasteiger partial charge < -0.3 is 14.6 Å². The van der Waals surface area contributed by atoms with Crippen molar-refractivity contribution in [2.75, 3.05) is 11.9 Å². The summed E-state index contributed by atoms with van der Waals surface area (Å²) in [5, 5.41) is 6.87. The molecular formula is C23H18BrN3O4. The minimum Gasteiger partial charge on any atom is -0.452 e. The first-order chi connectivity index (χ1) is 14.9. The number of fused-ring (bicyclic) bond motifs is 1. The van der Waals surface area contributed by atoms with Gasteiger partial charge in [-0.1, -0.05) is 44.8 Å². The van der Waals surface area contributed by atoms with Crippen LogP contribution in [0.1, 0.15) is 21.7 Å². The second kappa shape index (κ2) is 8.69. The Kier molecular flexibility index (Phi) is 5.81. The number of benzene rings is 2. The molecule has 2 aromatic heterocycles. The molecule has 0 spiro atoms. The van der Waals surface area contributed by atoms with Crippen molar-refractivity contribution >= 4 is 44.5 Å². The lowest BCUT2D eigenvalue weighted by Crippen LogP contribution is -2.21. The highest BCUT2D eigenvalue weighted by molar-refractivity contribution is 9.10. The maximum Gasteiger partial charge on any atom is 0.339 e. The van der Waals surface area contributed by atoms with Gasteiger partial charge in [-0.3, -0.25) is 4.79 Å². The number of pyridine rings is 1. The van der Waals surface area contributed by atoms with Gasteiger partial charge in [-0.2, -0.15) is 0 Å². The minimum atomic E-state index is -0.608. The number of halogens is 1. The average molecular weight is 480 g/mol. The molecule has 31 heavy (non-hydrogen) atoms. The maximum atomic E-state index is 12.9. The summed E-state index contributed by atoms with van der Waals surface area (Å²) >= 11 is 3.42. The number of hydrogen-bond donors (Lipinski definition) is 1. The fourth-order valence-corrected chi connectivity index (χ4v) is 3.35. The quantitative estimate of drug-likeness (QED) is 0.401. The van der Waals surface area contributed by atoms with Gasteiger partial charge in [0.25, 0.3) is 5.91 Å². The van der Waals surface area contributed by atoms with Gasteiger partial charge >= 0.3 is 5.97 Å². The predicted molar refractivity (Wildman–Crippen MR) is 120 cm³/mol. The monoisotopic (exact) mass is 479 g/mol. The third kappa shape index (κ3) is 4.80. The van der Waals surface area contributed by atoms with Gasteiger partial charge in [0.05, 0.1) is 16.8 Å². The predicted octanol–water partition coefficient (Wildman–Crippen LogP) is 5.06. The zero-order valence-corrected chi connectivity index (χ0v) is 18.4. The Morgan fingerprint density at radius 3 is 2.55 bits per heavy atom. The lowest BCUT2D eigenvalue weighted by atomic mass is 10.0. The molecule has 8 heteroatoms. The number of rotatable bonds is 5. The smallest absolute Gasteiger partial charge is 0.339 e. The fraction of sp³-hybridized carbons (Fsp3) is 0.130. The summed E-state index contributed by atoms with van der Waals surface area (Å²) < 4.78 is 11.1. The Bertz CT molecular complexity index is 1280. The number of ether oxygens (including phenoxy) is 1. The molecule has 2 heterocycles.